The van der Waals surface area contributed by atoms with E-state index in [-0.39, 0.29) is 10.8 Å². The Morgan fingerprint density at radius 3 is 2.37 bits per heavy atom. The van der Waals surface area contributed by atoms with E-state index in [2.05, 4.69) is 4.72 Å². The number of carbonyl (C=O) groups excluding carboxylic acids is 1. The fraction of sp³-hybridized carbons (Fsp3) is 0.409. The Morgan fingerprint density at radius 1 is 1.03 bits per heavy atom. The Bertz CT molecular complexity index is 1010. The van der Waals surface area contributed by atoms with Crippen LogP contribution in [-0.2, 0) is 10.0 Å². The number of anilines is 1. The third-order valence-electron chi connectivity index (χ3n) is 4.96. The summed E-state index contributed by atoms with van der Waals surface area (Å²) in [5.74, 6) is 0.690. The Kier molecular flexibility index (Phi) is 6.87. The molecule has 2 aromatic carbocycles. The molecule has 8 heteroatoms. The van der Waals surface area contributed by atoms with Crippen molar-refractivity contribution < 1.29 is 22.7 Å². The van der Waals surface area contributed by atoms with E-state index in [1.165, 1.54) is 12.1 Å². The third kappa shape index (κ3) is 4.70. The van der Waals surface area contributed by atoms with Crippen LogP contribution in [0.15, 0.2) is 41.3 Å². The Labute approximate surface area is 178 Å². The molecule has 0 atom stereocenters. The zero-order valence-electron chi connectivity index (χ0n) is 17.6. The highest BCUT2D eigenvalue weighted by molar-refractivity contribution is 7.92. The van der Waals surface area contributed by atoms with E-state index >= 15 is 0 Å². The lowest BCUT2D eigenvalue weighted by atomic mass is 10.1. The van der Waals surface area contributed by atoms with Crippen molar-refractivity contribution in [2.24, 2.45) is 0 Å². The predicted octanol–water partition coefficient (Wildman–Crippen LogP) is 3.83. The number of aryl methyl sites for hydroxylation is 1. The highest BCUT2D eigenvalue weighted by Crippen LogP contribution is 2.32. The number of likely N-dealkylation sites (tertiary alicyclic amines) is 1. The number of hydrogen-bond acceptors (Lipinski definition) is 5. The van der Waals surface area contributed by atoms with E-state index in [1.807, 2.05) is 13.8 Å². The van der Waals surface area contributed by atoms with Crippen molar-refractivity contribution in [3.05, 3.63) is 47.5 Å². The minimum Gasteiger partial charge on any atom is -0.490 e. The van der Waals surface area contributed by atoms with Gasteiger partial charge in [0.2, 0.25) is 0 Å². The molecule has 2 aromatic rings. The van der Waals surface area contributed by atoms with Crippen molar-refractivity contribution in [2.75, 3.05) is 31.0 Å². The van der Waals surface area contributed by atoms with Crippen molar-refractivity contribution >= 4 is 21.6 Å². The summed E-state index contributed by atoms with van der Waals surface area (Å²) in [7, 11) is -3.94. The van der Waals surface area contributed by atoms with Crippen LogP contribution in [0.2, 0.25) is 0 Å². The molecular weight excluding hydrogens is 404 g/mol. The Hall–Kier alpha value is -2.74. The first-order valence-electron chi connectivity index (χ1n) is 10.2. The fourth-order valence-corrected chi connectivity index (χ4v) is 4.63. The minimum absolute atomic E-state index is 0.0391. The number of carbonyl (C=O) groups is 1. The standard InChI is InChI=1S/C22H28N2O5S/c1-4-28-19-12-11-17(15-20(19)29-5-2)30(26,27)23-21-16(3)9-8-10-18(21)22(25)24-13-6-7-14-24/h8-12,15,23H,4-7,13-14H2,1-3H3. The van der Waals surface area contributed by atoms with Gasteiger partial charge in [0.05, 0.1) is 29.4 Å². The second-order valence-corrected chi connectivity index (χ2v) is 8.76. The van der Waals surface area contributed by atoms with Crippen LogP contribution in [0.1, 0.15) is 42.6 Å². The summed E-state index contributed by atoms with van der Waals surface area (Å²) in [6.45, 7) is 7.64. The zero-order chi connectivity index (χ0) is 21.7. The van der Waals surface area contributed by atoms with Gasteiger partial charge in [-0.2, -0.15) is 0 Å². The normalized spacial score (nSPS) is 13.9. The van der Waals surface area contributed by atoms with Crippen molar-refractivity contribution in [1.29, 1.82) is 0 Å². The summed E-state index contributed by atoms with van der Waals surface area (Å²) in [6, 6.07) is 9.70. The average molecular weight is 433 g/mol. The highest BCUT2D eigenvalue weighted by Gasteiger charge is 2.25. The fourth-order valence-electron chi connectivity index (χ4n) is 3.46. The van der Waals surface area contributed by atoms with E-state index in [9.17, 15) is 13.2 Å². The molecule has 7 nitrogen and oxygen atoms in total. The van der Waals surface area contributed by atoms with E-state index < -0.39 is 10.0 Å². The first kappa shape index (κ1) is 22.0. The van der Waals surface area contributed by atoms with Crippen LogP contribution in [0.5, 0.6) is 11.5 Å². The first-order valence-corrected chi connectivity index (χ1v) is 11.7. The molecule has 0 bridgehead atoms. The van der Waals surface area contributed by atoms with Crippen LogP contribution >= 0.6 is 0 Å². The summed E-state index contributed by atoms with van der Waals surface area (Å²) in [5, 5.41) is 0. The summed E-state index contributed by atoms with van der Waals surface area (Å²) < 4.78 is 40.0. The summed E-state index contributed by atoms with van der Waals surface area (Å²) >= 11 is 0. The van der Waals surface area contributed by atoms with Crippen LogP contribution in [0.4, 0.5) is 5.69 Å². The molecule has 0 unspecified atom stereocenters. The monoisotopic (exact) mass is 432 g/mol. The molecule has 1 aliphatic rings. The van der Waals surface area contributed by atoms with Gasteiger partial charge in [0.25, 0.3) is 15.9 Å². The average Bonchev–Trinajstić information content (AvgIpc) is 3.25. The van der Waals surface area contributed by atoms with Crippen LogP contribution in [-0.4, -0.2) is 45.5 Å². The number of hydrogen-bond donors (Lipinski definition) is 1. The van der Waals surface area contributed by atoms with Gasteiger partial charge in [-0.05, 0) is 57.4 Å². The molecule has 30 heavy (non-hydrogen) atoms. The van der Waals surface area contributed by atoms with E-state index in [1.54, 1.807) is 36.1 Å². The molecule has 0 radical (unpaired) electrons. The topological polar surface area (TPSA) is 84.9 Å². The van der Waals surface area contributed by atoms with Crippen molar-refractivity contribution in [2.45, 2.75) is 38.5 Å². The predicted molar refractivity (Wildman–Crippen MR) is 116 cm³/mol. The number of para-hydroxylation sites is 1. The Balaban J connectivity index is 1.96. The number of benzene rings is 2. The van der Waals surface area contributed by atoms with Gasteiger partial charge >= 0.3 is 0 Å². The quantitative estimate of drug-likeness (QED) is 0.685. The maximum absolute atomic E-state index is 13.1. The maximum atomic E-state index is 13.1. The van der Waals surface area contributed by atoms with Crippen molar-refractivity contribution in [1.82, 2.24) is 4.90 Å². The molecule has 1 heterocycles. The molecule has 1 saturated heterocycles. The molecule has 3 rings (SSSR count). The number of nitrogens with one attached hydrogen (secondary N) is 1. The molecule has 0 spiro atoms. The minimum atomic E-state index is -3.94. The van der Waals surface area contributed by atoms with Crippen LogP contribution in [0.25, 0.3) is 0 Å². The SMILES string of the molecule is CCOc1ccc(S(=O)(=O)Nc2c(C)cccc2C(=O)N2CCCC2)cc1OCC. The highest BCUT2D eigenvalue weighted by atomic mass is 32.2. The van der Waals surface area contributed by atoms with Crippen molar-refractivity contribution in [3.8, 4) is 11.5 Å². The molecule has 0 aliphatic carbocycles. The smallest absolute Gasteiger partial charge is 0.262 e. The summed E-state index contributed by atoms with van der Waals surface area (Å²) in [4.78, 5) is 14.8. The summed E-state index contributed by atoms with van der Waals surface area (Å²) in [5.41, 5.74) is 1.34. The lowest BCUT2D eigenvalue weighted by Gasteiger charge is -2.20. The van der Waals surface area contributed by atoms with Gasteiger partial charge in [0.1, 0.15) is 0 Å². The number of sulfonamides is 1. The third-order valence-corrected chi connectivity index (χ3v) is 6.31. The number of ether oxygens (including phenoxy) is 2. The van der Waals surface area contributed by atoms with Crippen LogP contribution in [0, 0.1) is 6.92 Å². The van der Waals surface area contributed by atoms with E-state index in [4.69, 9.17) is 9.47 Å². The van der Waals surface area contributed by atoms with Gasteiger partial charge in [0, 0.05) is 19.2 Å². The summed E-state index contributed by atoms with van der Waals surface area (Å²) in [6.07, 6.45) is 1.93. The van der Waals surface area contributed by atoms with Gasteiger partial charge in [-0.1, -0.05) is 12.1 Å². The largest absolute Gasteiger partial charge is 0.490 e. The molecular formula is C22H28N2O5S. The second-order valence-electron chi connectivity index (χ2n) is 7.08. The van der Waals surface area contributed by atoms with Gasteiger partial charge < -0.3 is 14.4 Å². The molecule has 1 fully saturated rings. The van der Waals surface area contributed by atoms with Gasteiger partial charge in [-0.15, -0.1) is 0 Å². The molecule has 0 saturated carbocycles. The maximum Gasteiger partial charge on any atom is 0.262 e. The first-order chi connectivity index (χ1) is 14.4. The molecule has 1 aliphatic heterocycles. The molecule has 1 N–H and O–H groups in total. The lowest BCUT2D eigenvalue weighted by molar-refractivity contribution is 0.0794. The number of amides is 1. The number of rotatable bonds is 8. The van der Waals surface area contributed by atoms with Crippen LogP contribution < -0.4 is 14.2 Å². The lowest BCUT2D eigenvalue weighted by Crippen LogP contribution is -2.29. The van der Waals surface area contributed by atoms with E-state index in [0.717, 1.165) is 12.8 Å². The van der Waals surface area contributed by atoms with Crippen LogP contribution in [0.3, 0.4) is 0 Å². The zero-order valence-corrected chi connectivity index (χ0v) is 18.4. The van der Waals surface area contributed by atoms with Gasteiger partial charge in [0.15, 0.2) is 11.5 Å². The van der Waals surface area contributed by atoms with Gasteiger partial charge in [-0.3, -0.25) is 9.52 Å². The molecule has 162 valence electrons. The molecule has 0 aromatic heterocycles. The second kappa shape index (κ2) is 9.38. The van der Waals surface area contributed by atoms with E-state index in [0.29, 0.717) is 54.6 Å². The molecule has 1 amide bonds. The number of nitrogens with zero attached hydrogens (tertiary/aromatic N) is 1. The Morgan fingerprint density at radius 2 is 1.70 bits per heavy atom. The van der Waals surface area contributed by atoms with Gasteiger partial charge in [-0.25, -0.2) is 8.42 Å². The van der Waals surface area contributed by atoms with Crippen molar-refractivity contribution in [3.63, 3.8) is 0 Å².